The molecule has 0 radical (unpaired) electrons. The summed E-state index contributed by atoms with van der Waals surface area (Å²) >= 11 is 0. The van der Waals surface area contributed by atoms with Gasteiger partial charge in [0.15, 0.2) is 30.6 Å². The van der Waals surface area contributed by atoms with Crippen molar-refractivity contribution >= 4 is 23.7 Å². The Kier molecular flexibility index (Phi) is 9.80. The molecule has 20 atom stereocenters. The molecule has 0 amide bonds. The molecule has 0 aromatic carbocycles. The first-order chi connectivity index (χ1) is 26.9. The van der Waals surface area contributed by atoms with Crippen molar-refractivity contribution in [1.29, 1.82) is 0 Å². The van der Waals surface area contributed by atoms with Crippen LogP contribution in [0.1, 0.15) is 99.8 Å². The van der Waals surface area contributed by atoms with Gasteiger partial charge in [0.05, 0.1) is 11.5 Å². The fourth-order valence-corrected chi connectivity index (χ4v) is 13.9. The first-order valence-electron chi connectivity index (χ1n) is 20.8. The Morgan fingerprint density at radius 2 is 1.33 bits per heavy atom. The number of aliphatic hydroxyl groups excluding tert-OH is 5. The van der Waals surface area contributed by atoms with E-state index in [4.69, 9.17) is 23.7 Å². The topological polar surface area (TPSA) is 256 Å². The van der Waals surface area contributed by atoms with Crippen LogP contribution in [0.5, 0.6) is 0 Å². The highest BCUT2D eigenvalue weighted by atomic mass is 16.8. The van der Waals surface area contributed by atoms with Crippen LogP contribution in [0.3, 0.4) is 0 Å². The summed E-state index contributed by atoms with van der Waals surface area (Å²) in [6.07, 6.45) is -12.8. The smallest absolute Gasteiger partial charge is 0.335 e. The Labute approximate surface area is 337 Å². The minimum absolute atomic E-state index is 0.0481. The van der Waals surface area contributed by atoms with Gasteiger partial charge in [0.25, 0.3) is 0 Å². The molecule has 2 bridgehead atoms. The summed E-state index contributed by atoms with van der Waals surface area (Å²) < 4.78 is 29.4. The van der Waals surface area contributed by atoms with Gasteiger partial charge in [-0.05, 0) is 91.4 Å². The summed E-state index contributed by atoms with van der Waals surface area (Å²) in [5.41, 5.74) is -1.50. The number of ether oxygens (including phenoxy) is 5. The molecule has 3 aliphatic heterocycles. The van der Waals surface area contributed by atoms with E-state index in [0.717, 1.165) is 31.3 Å². The summed E-state index contributed by atoms with van der Waals surface area (Å²) in [6, 6.07) is 0. The number of hydrogen-bond donors (Lipinski definition) is 7. The Balaban J connectivity index is 1.08. The van der Waals surface area contributed by atoms with Crippen LogP contribution >= 0.6 is 0 Å². The number of carboxylic acids is 2. The minimum Gasteiger partial charge on any atom is -0.479 e. The van der Waals surface area contributed by atoms with E-state index >= 15 is 0 Å². The van der Waals surface area contributed by atoms with Crippen LogP contribution in [0.4, 0.5) is 0 Å². The molecule has 3 saturated heterocycles. The predicted octanol–water partition coefficient (Wildman–Crippen LogP) is 1.70. The number of carbonyl (C=O) groups is 4. The number of fused-ring (bicyclic) bond motifs is 10. The maximum absolute atomic E-state index is 14.9. The summed E-state index contributed by atoms with van der Waals surface area (Å²) in [7, 11) is 0. The third kappa shape index (κ3) is 5.64. The van der Waals surface area contributed by atoms with Gasteiger partial charge in [-0.1, -0.05) is 47.1 Å². The van der Waals surface area contributed by atoms with Crippen LogP contribution in [0.2, 0.25) is 0 Å². The van der Waals surface area contributed by atoms with Crippen LogP contribution in [0.25, 0.3) is 0 Å². The van der Waals surface area contributed by atoms with E-state index in [2.05, 4.69) is 27.7 Å². The molecule has 0 unspecified atom stereocenters. The first kappa shape index (κ1) is 42.2. The Morgan fingerprint density at radius 1 is 0.707 bits per heavy atom. The van der Waals surface area contributed by atoms with Crippen molar-refractivity contribution in [2.45, 2.75) is 173 Å². The lowest BCUT2D eigenvalue weighted by molar-refractivity contribution is -0.371. The summed E-state index contributed by atoms with van der Waals surface area (Å²) in [6.45, 7) is 15.1. The van der Waals surface area contributed by atoms with E-state index in [0.29, 0.717) is 25.7 Å². The first-order valence-corrected chi connectivity index (χ1v) is 20.8. The molecule has 0 aromatic heterocycles. The summed E-state index contributed by atoms with van der Waals surface area (Å²) in [4.78, 5) is 51.9. The lowest BCUT2D eigenvalue weighted by Crippen LogP contribution is -2.68. The lowest BCUT2D eigenvalue weighted by atomic mass is 9.33. The van der Waals surface area contributed by atoms with Gasteiger partial charge in [-0.15, -0.1) is 0 Å². The second-order valence-electron chi connectivity index (χ2n) is 20.8. The normalized spacial score (nSPS) is 54.6. The molecule has 7 N–H and O–H groups in total. The average Bonchev–Trinajstić information content (AvgIpc) is 3.40. The van der Waals surface area contributed by atoms with Crippen LogP contribution in [0.15, 0.2) is 11.6 Å². The molecule has 4 saturated carbocycles. The Bertz CT molecular complexity index is 1780. The van der Waals surface area contributed by atoms with Gasteiger partial charge in [0.1, 0.15) is 42.7 Å². The van der Waals surface area contributed by atoms with E-state index in [1.165, 1.54) is 0 Å². The molecule has 16 nitrogen and oxygen atoms in total. The van der Waals surface area contributed by atoms with Crippen LogP contribution in [-0.2, 0) is 42.9 Å². The standard InChI is InChI=1S/C42H60O16/c1-37(2)20-8-11-42(7)31(19(43)14-17-18-15-38(3)16-22(55-36(38)53)39(18,4)12-13-41(17,42)6)40(20,5)10-9-21(37)54-35-30(26(47)25(46)29(57-35)33(51)52)58-34-27(48)23(44)24(45)28(56-34)32(49)50/h14,18,20-31,34-35,44-48H,8-13,15-16H2,1-7H3,(H,49,50)(H,51,52)/t18-,20-,21-,22+,23-,24-,25-,26-,27+,28-,29-,30+,31+,34-,35+,38+,39+,40-,41+,42+/m0/s1. The molecular weight excluding hydrogens is 760 g/mol. The number of carboxylic acid groups (broad SMARTS) is 2. The molecule has 8 aliphatic rings. The van der Waals surface area contributed by atoms with Crippen molar-refractivity contribution in [3.63, 3.8) is 0 Å². The number of allylic oxidation sites excluding steroid dienone is 2. The number of ketones is 1. The highest BCUT2D eigenvalue weighted by Gasteiger charge is 2.72. The van der Waals surface area contributed by atoms with Gasteiger partial charge in [-0.3, -0.25) is 9.59 Å². The van der Waals surface area contributed by atoms with E-state index < -0.39 is 95.7 Å². The highest BCUT2D eigenvalue weighted by molar-refractivity contribution is 5.96. The SMILES string of the molecule is CC1(C)[C@@H](O[C@@H]2O[C@H](C(=O)O)[C@@H](O)[C@H](O)[C@H]2O[C@@H]2O[C@H](C(=O)O)[C@@H](O)[C@H](O)[C@H]2O)CC[C@]2(C)[C@H]3C(=O)C=C4[C@@H]5C[C@]6(C)C[C@@H](OC6=O)[C@]5(C)CC[C@@]4(C)[C@]3(C)CC[C@@H]12. The van der Waals surface area contributed by atoms with E-state index in [1.54, 1.807) is 0 Å². The monoisotopic (exact) mass is 820 g/mol. The number of rotatable bonds is 6. The van der Waals surface area contributed by atoms with Crippen LogP contribution in [-0.4, -0.2) is 133 Å². The number of aliphatic hydroxyl groups is 5. The molecule has 7 fully saturated rings. The number of carbonyl (C=O) groups excluding carboxylic acids is 2. The Hall–Kier alpha value is -2.54. The highest BCUT2D eigenvalue weighted by Crippen LogP contribution is 2.76. The second-order valence-corrected chi connectivity index (χ2v) is 20.8. The van der Waals surface area contributed by atoms with E-state index in [9.17, 15) is 54.9 Å². The predicted molar refractivity (Wildman–Crippen MR) is 197 cm³/mol. The summed E-state index contributed by atoms with van der Waals surface area (Å²) in [5.74, 6) is -3.64. The number of aliphatic carboxylic acids is 2. The summed E-state index contributed by atoms with van der Waals surface area (Å²) in [5, 5.41) is 72.8. The van der Waals surface area contributed by atoms with Gasteiger partial charge in [-0.25, -0.2) is 9.59 Å². The molecule has 324 valence electrons. The molecule has 5 aliphatic carbocycles. The zero-order valence-electron chi connectivity index (χ0n) is 34.2. The van der Waals surface area contributed by atoms with Crippen LogP contribution < -0.4 is 0 Å². The third-order valence-corrected chi connectivity index (χ3v) is 17.5. The van der Waals surface area contributed by atoms with Crippen molar-refractivity contribution in [3.05, 3.63) is 11.6 Å². The van der Waals surface area contributed by atoms with Gasteiger partial charge < -0.3 is 59.4 Å². The molecule has 8 rings (SSSR count). The fraction of sp³-hybridized carbons (Fsp3) is 0.857. The second kappa shape index (κ2) is 13.5. The van der Waals surface area contributed by atoms with Crippen molar-refractivity contribution in [2.75, 3.05) is 0 Å². The van der Waals surface area contributed by atoms with E-state index in [-0.39, 0.29) is 51.9 Å². The minimum atomic E-state index is -2.04. The van der Waals surface area contributed by atoms with Crippen molar-refractivity contribution in [2.24, 2.45) is 50.2 Å². The molecular formula is C42H60O16. The molecule has 0 spiro atoms. The molecule has 58 heavy (non-hydrogen) atoms. The zero-order valence-corrected chi connectivity index (χ0v) is 34.2. The van der Waals surface area contributed by atoms with Crippen molar-refractivity contribution in [3.8, 4) is 0 Å². The Morgan fingerprint density at radius 3 is 1.97 bits per heavy atom. The van der Waals surface area contributed by atoms with Gasteiger partial charge in [0, 0.05) is 17.8 Å². The maximum Gasteiger partial charge on any atom is 0.335 e. The van der Waals surface area contributed by atoms with Gasteiger partial charge in [0.2, 0.25) is 0 Å². The quantitative estimate of drug-likeness (QED) is 0.149. The van der Waals surface area contributed by atoms with Crippen molar-refractivity contribution in [1.82, 2.24) is 0 Å². The van der Waals surface area contributed by atoms with E-state index in [1.807, 2.05) is 26.8 Å². The maximum atomic E-state index is 14.9. The molecule has 16 heteroatoms. The van der Waals surface area contributed by atoms with Gasteiger partial charge >= 0.3 is 17.9 Å². The fourth-order valence-electron chi connectivity index (χ4n) is 13.9. The van der Waals surface area contributed by atoms with Gasteiger partial charge in [-0.2, -0.15) is 0 Å². The average molecular weight is 821 g/mol. The number of hydrogen-bond acceptors (Lipinski definition) is 14. The third-order valence-electron chi connectivity index (χ3n) is 17.5. The van der Waals surface area contributed by atoms with Crippen molar-refractivity contribution < 1.29 is 78.6 Å². The zero-order chi connectivity index (χ0) is 42.4. The van der Waals surface area contributed by atoms with Crippen LogP contribution in [0, 0.1) is 50.2 Å². The largest absolute Gasteiger partial charge is 0.479 e. The molecule has 0 aromatic rings. The number of esters is 1. The molecule has 3 heterocycles. The lowest BCUT2D eigenvalue weighted by Gasteiger charge is -2.70.